The van der Waals surface area contributed by atoms with Gasteiger partial charge in [0.05, 0.1) is 35.3 Å². The monoisotopic (exact) mass is 862 g/mol. The van der Waals surface area contributed by atoms with E-state index in [0.29, 0.717) is 25.1 Å². The zero-order valence-corrected chi connectivity index (χ0v) is 36.1. The Labute approximate surface area is 366 Å². The van der Waals surface area contributed by atoms with Crippen LogP contribution < -0.4 is 21.3 Å². The molecule has 1 saturated heterocycles. The number of carbonyl (C=O) groups is 5. The third-order valence-electron chi connectivity index (χ3n) is 10.9. The van der Waals surface area contributed by atoms with Gasteiger partial charge in [-0.25, -0.2) is 9.78 Å². The van der Waals surface area contributed by atoms with Crippen LogP contribution in [0.15, 0.2) is 78.3 Å². The second-order valence-corrected chi connectivity index (χ2v) is 17.3. The Morgan fingerprint density at radius 1 is 0.935 bits per heavy atom. The van der Waals surface area contributed by atoms with Crippen molar-refractivity contribution in [3.05, 3.63) is 101 Å². The number of aliphatic hydroxyl groups is 1. The molecule has 2 aliphatic rings. The van der Waals surface area contributed by atoms with E-state index in [9.17, 15) is 29.1 Å². The molecule has 0 unspecified atom stereocenters. The van der Waals surface area contributed by atoms with Crippen LogP contribution in [0.5, 0.6) is 0 Å². The molecule has 5 amide bonds. The molecule has 1 fully saturated rings. The SMILES string of the molecule is C#CCNC(=O)COCc1ncsc1-c1ccc(CNC(=O)[C@@H]2C[C@@H](O)CN2C(=O)[C@@H](NC(=O)CCCCNC(=O)OCC2c3ccccc3-c3ccccc32)C(C)(C)C)cc1. The first kappa shape index (κ1) is 45.4. The van der Waals surface area contributed by atoms with E-state index in [4.69, 9.17) is 15.9 Å². The fraction of sp³-hybridized carbons (Fsp3) is 0.404. The van der Waals surface area contributed by atoms with Gasteiger partial charge in [-0.2, -0.15) is 0 Å². The van der Waals surface area contributed by atoms with Gasteiger partial charge in [0.15, 0.2) is 0 Å². The second kappa shape index (κ2) is 21.1. The summed E-state index contributed by atoms with van der Waals surface area (Å²) in [5.74, 6) is 0.808. The third kappa shape index (κ3) is 11.6. The minimum absolute atomic E-state index is 0.0356. The summed E-state index contributed by atoms with van der Waals surface area (Å²) in [5, 5.41) is 21.7. The average molecular weight is 863 g/mol. The largest absolute Gasteiger partial charge is 0.449 e. The van der Waals surface area contributed by atoms with Gasteiger partial charge in [-0.1, -0.05) is 99.5 Å². The number of alkyl carbamates (subject to hydrolysis) is 1. The van der Waals surface area contributed by atoms with Crippen LogP contribution in [0, 0.1) is 17.8 Å². The summed E-state index contributed by atoms with van der Waals surface area (Å²) >= 11 is 1.44. The molecular formula is C47H54N6O8S. The van der Waals surface area contributed by atoms with E-state index in [1.807, 2.05) is 69.3 Å². The molecule has 0 spiro atoms. The highest BCUT2D eigenvalue weighted by Crippen LogP contribution is 2.44. The molecule has 0 radical (unpaired) electrons. The summed E-state index contributed by atoms with van der Waals surface area (Å²) in [7, 11) is 0. The number of thiazole rings is 1. The van der Waals surface area contributed by atoms with Crippen LogP contribution >= 0.6 is 11.3 Å². The number of terminal acetylenes is 1. The lowest BCUT2D eigenvalue weighted by Gasteiger charge is -2.35. The van der Waals surface area contributed by atoms with Crippen LogP contribution in [-0.4, -0.2) is 95.7 Å². The first-order chi connectivity index (χ1) is 29.8. The summed E-state index contributed by atoms with van der Waals surface area (Å²) < 4.78 is 11.1. The fourth-order valence-electron chi connectivity index (χ4n) is 7.73. The van der Waals surface area contributed by atoms with Gasteiger partial charge in [0.2, 0.25) is 23.6 Å². The third-order valence-corrected chi connectivity index (χ3v) is 11.8. The number of amides is 5. The number of nitrogens with one attached hydrogen (secondary N) is 4. The number of hydrogen-bond acceptors (Lipinski definition) is 10. The Kier molecular flexibility index (Phi) is 15.5. The van der Waals surface area contributed by atoms with Crippen molar-refractivity contribution >= 4 is 41.1 Å². The van der Waals surface area contributed by atoms with E-state index in [1.54, 1.807) is 5.51 Å². The molecule has 326 valence electrons. The second-order valence-electron chi connectivity index (χ2n) is 16.5. The number of fused-ring (bicyclic) bond motifs is 3. The van der Waals surface area contributed by atoms with Gasteiger partial charge < -0.3 is 40.7 Å². The first-order valence-electron chi connectivity index (χ1n) is 20.8. The molecule has 1 aromatic heterocycles. The Hall–Kier alpha value is -6.08. The molecule has 14 nitrogen and oxygen atoms in total. The zero-order chi connectivity index (χ0) is 44.2. The number of hydrogen-bond donors (Lipinski definition) is 5. The molecule has 1 aliphatic heterocycles. The van der Waals surface area contributed by atoms with Gasteiger partial charge in [0.25, 0.3) is 0 Å². The summed E-state index contributed by atoms with van der Waals surface area (Å²) in [6.45, 7) is 6.33. The lowest BCUT2D eigenvalue weighted by atomic mass is 9.85. The van der Waals surface area contributed by atoms with Gasteiger partial charge in [-0.3, -0.25) is 19.2 Å². The van der Waals surface area contributed by atoms with Gasteiger partial charge >= 0.3 is 6.09 Å². The van der Waals surface area contributed by atoms with E-state index in [1.165, 1.54) is 16.2 Å². The highest BCUT2D eigenvalue weighted by atomic mass is 32.1. The van der Waals surface area contributed by atoms with Crippen molar-refractivity contribution in [2.75, 3.05) is 32.8 Å². The highest BCUT2D eigenvalue weighted by molar-refractivity contribution is 7.13. The van der Waals surface area contributed by atoms with Crippen molar-refractivity contribution in [1.29, 1.82) is 0 Å². The predicted octanol–water partition coefficient (Wildman–Crippen LogP) is 4.89. The van der Waals surface area contributed by atoms with Crippen molar-refractivity contribution < 1.29 is 38.6 Å². The maximum Gasteiger partial charge on any atom is 0.407 e. The maximum atomic E-state index is 14.0. The molecular weight excluding hydrogens is 809 g/mol. The first-order valence-corrected chi connectivity index (χ1v) is 21.7. The van der Waals surface area contributed by atoms with E-state index in [-0.39, 0.29) is 70.0 Å². The summed E-state index contributed by atoms with van der Waals surface area (Å²) in [5.41, 5.74) is 7.98. The lowest BCUT2D eigenvalue weighted by molar-refractivity contribution is -0.144. The number of rotatable bonds is 18. The molecule has 2 heterocycles. The molecule has 62 heavy (non-hydrogen) atoms. The van der Waals surface area contributed by atoms with Gasteiger partial charge in [0, 0.05) is 38.4 Å². The van der Waals surface area contributed by atoms with Crippen LogP contribution in [0.1, 0.15) is 74.8 Å². The van der Waals surface area contributed by atoms with Crippen LogP contribution in [0.25, 0.3) is 21.6 Å². The zero-order valence-electron chi connectivity index (χ0n) is 35.3. The molecule has 4 aromatic rings. The molecule has 3 atom stereocenters. The predicted molar refractivity (Wildman–Crippen MR) is 235 cm³/mol. The van der Waals surface area contributed by atoms with E-state index in [0.717, 1.165) is 38.3 Å². The van der Waals surface area contributed by atoms with Gasteiger partial charge in [0.1, 0.15) is 25.3 Å². The Morgan fingerprint density at radius 3 is 2.31 bits per heavy atom. The molecule has 1 aliphatic carbocycles. The van der Waals surface area contributed by atoms with Crippen LogP contribution in [0.3, 0.4) is 0 Å². The summed E-state index contributed by atoms with van der Waals surface area (Å²) in [6.07, 6.45) is 4.92. The number of β-amino-alcohol motifs (C(OH)–C–C–N with tert-alkyl or cyclic N) is 1. The van der Waals surface area contributed by atoms with Crippen molar-refractivity contribution in [2.45, 2.75) is 83.7 Å². The summed E-state index contributed by atoms with van der Waals surface area (Å²) in [6, 6.07) is 22.0. The molecule has 15 heteroatoms. The minimum Gasteiger partial charge on any atom is -0.449 e. The summed E-state index contributed by atoms with van der Waals surface area (Å²) in [4.78, 5) is 71.8. The van der Waals surface area contributed by atoms with Crippen molar-refractivity contribution in [3.8, 4) is 33.9 Å². The number of unbranched alkanes of at least 4 members (excludes halogenated alkanes) is 1. The van der Waals surface area contributed by atoms with E-state index >= 15 is 0 Å². The van der Waals surface area contributed by atoms with Crippen LogP contribution in [0.4, 0.5) is 4.79 Å². The smallest absolute Gasteiger partial charge is 0.407 e. The van der Waals surface area contributed by atoms with Crippen molar-refractivity contribution in [2.24, 2.45) is 5.41 Å². The molecule has 0 saturated carbocycles. The minimum atomic E-state index is -0.949. The topological polar surface area (TPSA) is 188 Å². The van der Waals surface area contributed by atoms with E-state index in [2.05, 4.69) is 56.4 Å². The number of likely N-dealkylation sites (tertiary alicyclic amines) is 1. The lowest BCUT2D eigenvalue weighted by Crippen LogP contribution is -2.57. The molecule has 5 N–H and O–H groups in total. The number of aromatic nitrogens is 1. The van der Waals surface area contributed by atoms with Gasteiger partial charge in [-0.15, -0.1) is 17.8 Å². The normalized spacial score (nSPS) is 16.1. The number of carbonyl (C=O) groups excluding carboxylic acids is 5. The molecule has 6 rings (SSSR count). The van der Waals surface area contributed by atoms with Crippen molar-refractivity contribution in [3.63, 3.8) is 0 Å². The quantitative estimate of drug-likeness (QED) is 0.0686. The molecule has 3 aromatic carbocycles. The van der Waals surface area contributed by atoms with Crippen LogP contribution in [0.2, 0.25) is 0 Å². The van der Waals surface area contributed by atoms with Gasteiger partial charge in [-0.05, 0) is 51.6 Å². The fourth-order valence-corrected chi connectivity index (χ4v) is 8.54. The number of aliphatic hydroxyl groups excluding tert-OH is 1. The highest BCUT2D eigenvalue weighted by Gasteiger charge is 2.44. The maximum absolute atomic E-state index is 14.0. The number of ether oxygens (including phenoxy) is 2. The number of nitrogens with zero attached hydrogens (tertiary/aromatic N) is 2. The molecule has 0 bridgehead atoms. The Bertz CT molecular complexity index is 2220. The Balaban J connectivity index is 0.937. The van der Waals surface area contributed by atoms with Crippen LogP contribution in [-0.2, 0) is 41.8 Å². The number of benzene rings is 3. The van der Waals surface area contributed by atoms with Crippen molar-refractivity contribution in [1.82, 2.24) is 31.2 Å². The van der Waals surface area contributed by atoms with E-state index < -0.39 is 41.5 Å². The Morgan fingerprint density at radius 2 is 1.63 bits per heavy atom. The average Bonchev–Trinajstić information content (AvgIpc) is 3.98. The standard InChI is InChI=1S/C47H54N6O8S/c1-5-21-48-41(56)28-60-27-38-42(62-29-51-38)31-19-17-30(18-20-31)24-50-44(57)39-23-32(54)25-53(39)45(58)43(47(2,3)4)52-40(55)16-10-11-22-49-46(59)61-26-37-35-14-8-6-12-33(35)34-13-7-9-15-36(34)37/h1,6-9,12-15,17-20,29,32,37,39,43,54H,10-11,16,21-28H2,2-4H3,(H,48,56)(H,49,59)(H,50,57)(H,52,55)/t32-,39+,43-/m1/s1.